The maximum atomic E-state index is 10.3. The number of imidazole rings is 1. The highest BCUT2D eigenvalue weighted by Crippen LogP contribution is 2.20. The number of rotatable bonds is 4. The van der Waals surface area contributed by atoms with Crippen molar-refractivity contribution in [2.75, 3.05) is 0 Å². The largest absolute Gasteiger partial charge is 0.392 e. The maximum absolute atomic E-state index is 10.3. The minimum atomic E-state index is -0.415. The van der Waals surface area contributed by atoms with Gasteiger partial charge in [0.05, 0.1) is 6.10 Å². The lowest BCUT2D eigenvalue weighted by atomic mass is 9.99. The molecule has 0 aliphatic heterocycles. The van der Waals surface area contributed by atoms with E-state index in [1.54, 1.807) is 6.20 Å². The molecule has 1 aromatic heterocycles. The number of benzene rings is 2. The van der Waals surface area contributed by atoms with Crippen molar-refractivity contribution in [2.24, 2.45) is 7.05 Å². The smallest absolute Gasteiger partial charge is 0.110 e. The topological polar surface area (TPSA) is 38.0 Å². The van der Waals surface area contributed by atoms with Gasteiger partial charge in [0.2, 0.25) is 0 Å². The van der Waals surface area contributed by atoms with E-state index in [-0.39, 0.29) is 0 Å². The van der Waals surface area contributed by atoms with Gasteiger partial charge in [0.25, 0.3) is 0 Å². The van der Waals surface area contributed by atoms with Gasteiger partial charge in [-0.3, -0.25) is 0 Å². The number of aliphatic hydroxyl groups excluding tert-OH is 1. The second-order valence-electron chi connectivity index (χ2n) is 5.15. The van der Waals surface area contributed by atoms with Crippen LogP contribution in [-0.4, -0.2) is 20.8 Å². The standard InChI is InChI=1S/C17H18N2O/c1-19-10-9-18-17(19)12-15(20)11-14-7-4-6-13-5-2-3-8-16(13)14/h2-10,15,20H,11-12H2,1H3. The Kier molecular flexibility index (Phi) is 3.52. The fraction of sp³-hybridized carbons (Fsp3) is 0.235. The Hall–Kier alpha value is -2.13. The SMILES string of the molecule is Cn1ccnc1CC(O)Cc1cccc2ccccc12. The molecule has 1 N–H and O–H groups in total. The van der Waals surface area contributed by atoms with E-state index in [0.717, 1.165) is 5.82 Å². The number of aliphatic hydroxyl groups is 1. The molecule has 3 heteroatoms. The van der Waals surface area contributed by atoms with Gasteiger partial charge in [-0.2, -0.15) is 0 Å². The molecule has 1 unspecified atom stereocenters. The lowest BCUT2D eigenvalue weighted by Gasteiger charge is -2.12. The zero-order chi connectivity index (χ0) is 13.9. The van der Waals surface area contributed by atoms with E-state index in [2.05, 4.69) is 29.2 Å². The molecule has 20 heavy (non-hydrogen) atoms. The van der Waals surface area contributed by atoms with Gasteiger partial charge in [-0.25, -0.2) is 4.98 Å². The third-order valence-corrected chi connectivity index (χ3v) is 3.67. The van der Waals surface area contributed by atoms with E-state index < -0.39 is 6.10 Å². The molecule has 0 radical (unpaired) electrons. The number of fused-ring (bicyclic) bond motifs is 1. The predicted octanol–water partition coefficient (Wildman–Crippen LogP) is 2.72. The molecular formula is C17H18N2O. The van der Waals surface area contributed by atoms with Gasteiger partial charge in [-0.15, -0.1) is 0 Å². The lowest BCUT2D eigenvalue weighted by Crippen LogP contribution is -2.16. The fourth-order valence-electron chi connectivity index (χ4n) is 2.60. The van der Waals surface area contributed by atoms with Crippen LogP contribution in [-0.2, 0) is 19.9 Å². The Morgan fingerprint density at radius 2 is 1.90 bits per heavy atom. The first-order valence-corrected chi connectivity index (χ1v) is 6.85. The molecule has 1 atom stereocenters. The number of aromatic nitrogens is 2. The van der Waals surface area contributed by atoms with Crippen LogP contribution >= 0.6 is 0 Å². The summed E-state index contributed by atoms with van der Waals surface area (Å²) in [7, 11) is 1.95. The van der Waals surface area contributed by atoms with Crippen molar-refractivity contribution >= 4 is 10.8 Å². The number of aryl methyl sites for hydroxylation is 1. The molecule has 3 nitrogen and oxygen atoms in total. The first kappa shape index (κ1) is 12.9. The fourth-order valence-corrected chi connectivity index (χ4v) is 2.60. The monoisotopic (exact) mass is 266 g/mol. The third-order valence-electron chi connectivity index (χ3n) is 3.67. The van der Waals surface area contributed by atoms with Crippen LogP contribution in [0, 0.1) is 0 Å². The van der Waals surface area contributed by atoms with Crippen molar-refractivity contribution in [1.29, 1.82) is 0 Å². The van der Waals surface area contributed by atoms with E-state index in [0.29, 0.717) is 12.8 Å². The summed E-state index contributed by atoms with van der Waals surface area (Å²) in [6.45, 7) is 0. The van der Waals surface area contributed by atoms with Crippen LogP contribution in [0.25, 0.3) is 10.8 Å². The molecule has 2 aromatic carbocycles. The Balaban J connectivity index is 1.81. The first-order chi connectivity index (χ1) is 9.74. The number of hydrogen-bond acceptors (Lipinski definition) is 2. The first-order valence-electron chi connectivity index (χ1n) is 6.85. The maximum Gasteiger partial charge on any atom is 0.110 e. The molecule has 0 saturated carbocycles. The molecule has 0 bridgehead atoms. The molecule has 0 aliphatic carbocycles. The molecule has 102 valence electrons. The zero-order valence-electron chi connectivity index (χ0n) is 11.5. The lowest BCUT2D eigenvalue weighted by molar-refractivity contribution is 0.172. The summed E-state index contributed by atoms with van der Waals surface area (Å²) in [5.74, 6) is 0.915. The Labute approximate surface area is 118 Å². The van der Waals surface area contributed by atoms with Crippen molar-refractivity contribution in [2.45, 2.75) is 18.9 Å². The van der Waals surface area contributed by atoms with Crippen molar-refractivity contribution in [3.63, 3.8) is 0 Å². The van der Waals surface area contributed by atoms with Gasteiger partial charge in [-0.05, 0) is 22.8 Å². The quantitative estimate of drug-likeness (QED) is 0.788. The Morgan fingerprint density at radius 3 is 2.70 bits per heavy atom. The van der Waals surface area contributed by atoms with E-state index in [9.17, 15) is 5.11 Å². The summed E-state index contributed by atoms with van der Waals surface area (Å²) in [4.78, 5) is 4.26. The van der Waals surface area contributed by atoms with Crippen molar-refractivity contribution in [3.8, 4) is 0 Å². The summed E-state index contributed by atoms with van der Waals surface area (Å²) >= 11 is 0. The van der Waals surface area contributed by atoms with Crippen molar-refractivity contribution < 1.29 is 5.11 Å². The highest BCUT2D eigenvalue weighted by Gasteiger charge is 2.11. The summed E-state index contributed by atoms with van der Waals surface area (Å²) < 4.78 is 1.95. The van der Waals surface area contributed by atoms with Crippen LogP contribution in [0.4, 0.5) is 0 Å². The van der Waals surface area contributed by atoms with Gasteiger partial charge < -0.3 is 9.67 Å². The Morgan fingerprint density at radius 1 is 1.10 bits per heavy atom. The minimum absolute atomic E-state index is 0.415. The highest BCUT2D eigenvalue weighted by molar-refractivity contribution is 5.85. The average molecular weight is 266 g/mol. The summed E-state index contributed by atoms with van der Waals surface area (Å²) in [5.41, 5.74) is 1.19. The molecule has 3 rings (SSSR count). The average Bonchev–Trinajstić information content (AvgIpc) is 2.85. The molecule has 1 heterocycles. The highest BCUT2D eigenvalue weighted by atomic mass is 16.3. The molecule has 3 aromatic rings. The summed E-state index contributed by atoms with van der Waals surface area (Å²) in [6.07, 6.45) is 4.47. The van der Waals surface area contributed by atoms with Crippen molar-refractivity contribution in [1.82, 2.24) is 9.55 Å². The van der Waals surface area contributed by atoms with E-state index in [4.69, 9.17) is 0 Å². The van der Waals surface area contributed by atoms with Gasteiger partial charge in [0, 0.05) is 25.9 Å². The predicted molar refractivity (Wildman–Crippen MR) is 80.6 cm³/mol. The van der Waals surface area contributed by atoms with E-state index in [1.165, 1.54) is 16.3 Å². The van der Waals surface area contributed by atoms with Gasteiger partial charge in [0.1, 0.15) is 5.82 Å². The van der Waals surface area contributed by atoms with Gasteiger partial charge >= 0.3 is 0 Å². The zero-order valence-corrected chi connectivity index (χ0v) is 11.5. The Bertz CT molecular complexity index is 712. The summed E-state index contributed by atoms with van der Waals surface area (Å²) in [5, 5.41) is 12.7. The van der Waals surface area contributed by atoms with E-state index >= 15 is 0 Å². The van der Waals surface area contributed by atoms with Crippen LogP contribution in [0.3, 0.4) is 0 Å². The number of hydrogen-bond donors (Lipinski definition) is 1. The minimum Gasteiger partial charge on any atom is -0.392 e. The van der Waals surface area contributed by atoms with Crippen molar-refractivity contribution in [3.05, 3.63) is 66.2 Å². The third kappa shape index (κ3) is 2.58. The van der Waals surface area contributed by atoms with Crippen LogP contribution in [0.2, 0.25) is 0 Å². The second kappa shape index (κ2) is 5.47. The molecule has 0 amide bonds. The number of nitrogens with zero attached hydrogens (tertiary/aromatic N) is 2. The molecule has 0 spiro atoms. The molecule has 0 aliphatic rings. The van der Waals surface area contributed by atoms with Gasteiger partial charge in [-0.1, -0.05) is 42.5 Å². The normalized spacial score (nSPS) is 12.7. The molecule has 0 fully saturated rings. The van der Waals surface area contributed by atoms with Gasteiger partial charge in [0.15, 0.2) is 0 Å². The van der Waals surface area contributed by atoms with Crippen LogP contribution < -0.4 is 0 Å². The molecule has 0 saturated heterocycles. The molecular weight excluding hydrogens is 248 g/mol. The van der Waals surface area contributed by atoms with Crippen LogP contribution in [0.5, 0.6) is 0 Å². The van der Waals surface area contributed by atoms with E-state index in [1.807, 2.05) is 36.0 Å². The summed E-state index contributed by atoms with van der Waals surface area (Å²) in [6, 6.07) is 14.5. The van der Waals surface area contributed by atoms with Crippen LogP contribution in [0.15, 0.2) is 54.9 Å². The van der Waals surface area contributed by atoms with Crippen LogP contribution in [0.1, 0.15) is 11.4 Å². The second-order valence-corrected chi connectivity index (χ2v) is 5.15.